The first-order valence-corrected chi connectivity index (χ1v) is 25.9. The molecule has 358 valence electrons. The fourth-order valence-corrected chi connectivity index (χ4v) is 16.7. The fourth-order valence-electron chi connectivity index (χ4n) is 16.7. The highest BCUT2D eigenvalue weighted by Crippen LogP contribution is 2.77. The van der Waals surface area contributed by atoms with Crippen LogP contribution >= 0.6 is 0 Å². The maximum atomic E-state index is 15.6. The van der Waals surface area contributed by atoms with Crippen LogP contribution in [0.5, 0.6) is 0 Å². The van der Waals surface area contributed by atoms with Crippen LogP contribution in [0, 0.1) is 68.0 Å². The zero-order chi connectivity index (χ0) is 47.5. The van der Waals surface area contributed by atoms with Crippen LogP contribution in [-0.4, -0.2) is 51.1 Å². The van der Waals surface area contributed by atoms with Crippen LogP contribution < -0.4 is 0 Å². The number of nitrogens with zero attached hydrogens (tertiary/aromatic N) is 2. The topological polar surface area (TPSA) is 119 Å². The second-order valence-corrected chi connectivity index (χ2v) is 24.5. The Balaban J connectivity index is 0.866. The molecule has 1 amide bonds. The Morgan fingerprint density at radius 2 is 1.48 bits per heavy atom. The number of imidazole rings is 1. The fraction of sp³-hybridized carbons (Fsp3) is 0.638. The molecule has 1 aromatic heterocycles. The molecule has 6 fully saturated rings. The van der Waals surface area contributed by atoms with Crippen molar-refractivity contribution in [1.82, 2.24) is 14.9 Å². The molecule has 11 atom stereocenters. The van der Waals surface area contributed by atoms with Gasteiger partial charge in [-0.25, -0.2) is 4.98 Å². The zero-order valence-corrected chi connectivity index (χ0v) is 41.7. The molecule has 10 rings (SSSR count). The molecule has 5 saturated carbocycles. The number of ketones is 1. The van der Waals surface area contributed by atoms with Crippen molar-refractivity contribution in [1.29, 1.82) is 0 Å². The summed E-state index contributed by atoms with van der Waals surface area (Å²) in [5.41, 5.74) is 3.53. The standard InChI is InChI=1S/C58H75N3O6/c1-35(2)47-43(62)32-58(52(65)61-30-16-21-42(61)49-59-33-41(60-49)37-19-14-11-15-20-37)29-28-56(8)38(48(47)58)22-23-45-55(7)26-25-46(54(5,6)44(55)24-27-57(45,56)9)67-51(64)40-31-39(53(40,3)4)50(63)66-34-36-17-12-10-13-18-36/h10-15,17-20,33,35,38-40,42,44-46H,16,21-32,34H2,1-9H3,(H,59,60)/t38-,39+,40-,42+,44+,45-,46+,55+,56-,57-,58-/m1/s1. The van der Waals surface area contributed by atoms with Crippen molar-refractivity contribution in [2.24, 2.45) is 68.0 Å². The number of carbonyl (C=O) groups excluding carboxylic acids is 4. The second-order valence-electron chi connectivity index (χ2n) is 24.5. The van der Waals surface area contributed by atoms with E-state index >= 15 is 4.79 Å². The summed E-state index contributed by atoms with van der Waals surface area (Å²) in [4.78, 5) is 68.0. The molecule has 9 heteroatoms. The normalized spacial score (nSPS) is 37.2. The lowest BCUT2D eigenvalue weighted by atomic mass is 9.33. The van der Waals surface area contributed by atoms with Crippen molar-refractivity contribution in [2.45, 2.75) is 158 Å². The van der Waals surface area contributed by atoms with Crippen molar-refractivity contribution < 1.29 is 28.7 Å². The average molecular weight is 910 g/mol. The van der Waals surface area contributed by atoms with E-state index in [4.69, 9.17) is 14.5 Å². The number of likely N-dealkylation sites (tertiary alicyclic amines) is 1. The maximum Gasteiger partial charge on any atom is 0.309 e. The van der Waals surface area contributed by atoms with Gasteiger partial charge >= 0.3 is 11.9 Å². The molecule has 2 aromatic carbocycles. The third-order valence-corrected chi connectivity index (χ3v) is 20.6. The Kier molecular flexibility index (Phi) is 11.2. The van der Waals surface area contributed by atoms with Crippen molar-refractivity contribution in [2.75, 3.05) is 6.54 Å². The van der Waals surface area contributed by atoms with E-state index < -0.39 is 10.8 Å². The molecule has 0 bridgehead atoms. The second kappa shape index (κ2) is 16.3. The van der Waals surface area contributed by atoms with Gasteiger partial charge in [0.2, 0.25) is 5.91 Å². The van der Waals surface area contributed by atoms with Crippen molar-refractivity contribution in [3.05, 3.63) is 89.4 Å². The average Bonchev–Trinajstić information content (AvgIpc) is 4.05. The number of H-pyrrole nitrogens is 1. The Hall–Kier alpha value is -4.53. The lowest BCUT2D eigenvalue weighted by Crippen LogP contribution is -2.66. The van der Waals surface area contributed by atoms with Crippen LogP contribution in [0.2, 0.25) is 0 Å². The van der Waals surface area contributed by atoms with Crippen LogP contribution in [-0.2, 0) is 35.3 Å². The molecule has 1 aliphatic heterocycles. The minimum atomic E-state index is -0.802. The first-order valence-electron chi connectivity index (χ1n) is 25.9. The zero-order valence-electron chi connectivity index (χ0n) is 41.7. The van der Waals surface area contributed by atoms with Gasteiger partial charge in [0.25, 0.3) is 0 Å². The van der Waals surface area contributed by atoms with E-state index in [-0.39, 0.29) is 87.7 Å². The van der Waals surface area contributed by atoms with Gasteiger partial charge in [-0.15, -0.1) is 0 Å². The number of rotatable bonds is 9. The quantitative estimate of drug-likeness (QED) is 0.212. The van der Waals surface area contributed by atoms with E-state index in [9.17, 15) is 14.4 Å². The van der Waals surface area contributed by atoms with Crippen LogP contribution in [0.3, 0.4) is 0 Å². The largest absolute Gasteiger partial charge is 0.462 e. The van der Waals surface area contributed by atoms with Crippen LogP contribution in [0.15, 0.2) is 78.0 Å². The summed E-state index contributed by atoms with van der Waals surface area (Å²) in [5.74, 6) is 1.13. The lowest BCUT2D eigenvalue weighted by molar-refractivity contribution is -0.236. The molecule has 3 aromatic rings. The maximum absolute atomic E-state index is 15.6. The molecular weight excluding hydrogens is 835 g/mol. The van der Waals surface area contributed by atoms with E-state index in [1.54, 1.807) is 0 Å². The van der Waals surface area contributed by atoms with Gasteiger partial charge in [0.05, 0.1) is 35.2 Å². The molecule has 67 heavy (non-hydrogen) atoms. The predicted octanol–water partition coefficient (Wildman–Crippen LogP) is 12.0. The number of hydrogen-bond donors (Lipinski definition) is 1. The number of Topliss-reactive ketones (excluding diaryl/α,β-unsaturated/α-hetero) is 1. The van der Waals surface area contributed by atoms with E-state index in [0.29, 0.717) is 37.6 Å². The Bertz CT molecular complexity index is 2470. The van der Waals surface area contributed by atoms with Gasteiger partial charge in [0, 0.05) is 18.4 Å². The number of carbonyl (C=O) groups is 4. The van der Waals surface area contributed by atoms with Gasteiger partial charge in [0.15, 0.2) is 5.78 Å². The summed E-state index contributed by atoms with van der Waals surface area (Å²) < 4.78 is 12.3. The molecule has 6 aliphatic carbocycles. The number of allylic oxidation sites excluding steroid dienone is 1. The van der Waals surface area contributed by atoms with E-state index in [1.807, 2.05) is 68.6 Å². The summed E-state index contributed by atoms with van der Waals surface area (Å²) in [7, 11) is 0. The Morgan fingerprint density at radius 3 is 2.18 bits per heavy atom. The number of amides is 1. The van der Waals surface area contributed by atoms with Crippen LogP contribution in [0.4, 0.5) is 0 Å². The summed E-state index contributed by atoms with van der Waals surface area (Å²) in [6, 6.07) is 19.8. The number of benzene rings is 2. The van der Waals surface area contributed by atoms with Crippen LogP contribution in [0.25, 0.3) is 11.3 Å². The van der Waals surface area contributed by atoms with Gasteiger partial charge in [-0.3, -0.25) is 19.2 Å². The van der Waals surface area contributed by atoms with E-state index in [2.05, 4.69) is 70.5 Å². The number of fused-ring (bicyclic) bond motifs is 7. The molecule has 1 saturated heterocycles. The summed E-state index contributed by atoms with van der Waals surface area (Å²) in [5, 5.41) is 0. The molecule has 2 heterocycles. The van der Waals surface area contributed by atoms with E-state index in [0.717, 1.165) is 86.0 Å². The smallest absolute Gasteiger partial charge is 0.309 e. The number of hydrogen-bond acceptors (Lipinski definition) is 7. The first kappa shape index (κ1) is 46.2. The SMILES string of the molecule is CC(C)C1=C2[C@H]3CC[C@@H]4[C@@]5(C)CC[C@H](OC(=O)[C@H]6C[C@@H](C(=O)OCc7ccccc7)C6(C)C)C(C)(C)[C@@H]5CC[C@@]4(C)[C@]3(C)CC[C@@]2(C(=O)N2CCC[C@H]2c2ncc(-c3ccccc3)[nH]2)CC1=O. The number of ether oxygens (including phenoxy) is 2. The highest BCUT2D eigenvalue weighted by atomic mass is 16.5. The minimum Gasteiger partial charge on any atom is -0.462 e. The number of aromatic amines is 1. The van der Waals surface area contributed by atoms with Gasteiger partial charge in [-0.2, -0.15) is 0 Å². The molecular formula is C58H75N3O6. The van der Waals surface area contributed by atoms with E-state index in [1.165, 1.54) is 5.57 Å². The van der Waals surface area contributed by atoms with Gasteiger partial charge < -0.3 is 19.4 Å². The Labute approximate surface area is 399 Å². The van der Waals surface area contributed by atoms with Crippen LogP contribution in [0.1, 0.15) is 157 Å². The van der Waals surface area contributed by atoms with Crippen molar-refractivity contribution in [3.63, 3.8) is 0 Å². The molecule has 0 spiro atoms. The third-order valence-electron chi connectivity index (χ3n) is 20.6. The molecule has 0 radical (unpaired) electrons. The van der Waals surface area contributed by atoms with Crippen molar-refractivity contribution >= 4 is 23.6 Å². The highest BCUT2D eigenvalue weighted by Gasteiger charge is 2.71. The summed E-state index contributed by atoms with van der Waals surface area (Å²) in [6.07, 6.45) is 11.9. The summed E-state index contributed by atoms with van der Waals surface area (Å²) in [6.45, 7) is 21.7. The first-order chi connectivity index (χ1) is 31.8. The summed E-state index contributed by atoms with van der Waals surface area (Å²) >= 11 is 0. The van der Waals surface area contributed by atoms with Crippen molar-refractivity contribution in [3.8, 4) is 11.3 Å². The van der Waals surface area contributed by atoms with Gasteiger partial charge in [-0.1, -0.05) is 123 Å². The molecule has 0 unspecified atom stereocenters. The number of esters is 2. The van der Waals surface area contributed by atoms with Gasteiger partial charge in [0.1, 0.15) is 18.5 Å². The highest BCUT2D eigenvalue weighted by molar-refractivity contribution is 6.07. The number of nitrogens with one attached hydrogen (secondary N) is 1. The predicted molar refractivity (Wildman–Crippen MR) is 259 cm³/mol. The number of aromatic nitrogens is 2. The minimum absolute atomic E-state index is 0.00890. The molecule has 9 nitrogen and oxygen atoms in total. The molecule has 7 aliphatic rings. The molecule has 1 N–H and O–H groups in total. The lowest BCUT2D eigenvalue weighted by Gasteiger charge is -2.72. The monoisotopic (exact) mass is 910 g/mol. The van der Waals surface area contributed by atoms with Gasteiger partial charge in [-0.05, 0) is 138 Å². The third kappa shape index (κ3) is 6.90. The Morgan fingerprint density at radius 1 is 0.776 bits per heavy atom.